The first kappa shape index (κ1) is 14.9. The van der Waals surface area contributed by atoms with Crippen molar-refractivity contribution < 1.29 is 0 Å². The molecule has 5 rings (SSSR count). The minimum atomic E-state index is 0.750. The Bertz CT molecular complexity index is 1050. The van der Waals surface area contributed by atoms with Crippen LogP contribution in [-0.4, -0.2) is 50.7 Å². The van der Waals surface area contributed by atoms with Crippen molar-refractivity contribution in [1.82, 2.24) is 24.6 Å². The average Bonchev–Trinajstić information content (AvgIpc) is 3.27. The summed E-state index contributed by atoms with van der Waals surface area (Å²) in [6.45, 7) is 3.53. The van der Waals surface area contributed by atoms with Crippen LogP contribution in [0.15, 0.2) is 36.9 Å². The second-order valence-corrected chi connectivity index (χ2v) is 7.34. The standard InChI is InChI=1S/C16H14ClN7S/c17-11-1-2-12-13(9-11)25-16(20-12)23-7-5-22(6-8-23)14-15-21-19-10-24(15)4-3-18-14/h1-4,9-10H,5-8H2. The van der Waals surface area contributed by atoms with Crippen molar-refractivity contribution in [1.29, 1.82) is 0 Å². The van der Waals surface area contributed by atoms with Crippen molar-refractivity contribution in [2.45, 2.75) is 0 Å². The van der Waals surface area contributed by atoms with Gasteiger partial charge in [0.1, 0.15) is 6.33 Å². The third-order valence-corrected chi connectivity index (χ3v) is 5.70. The quantitative estimate of drug-likeness (QED) is 0.540. The highest BCUT2D eigenvalue weighted by Crippen LogP contribution is 2.31. The minimum absolute atomic E-state index is 0.750. The van der Waals surface area contributed by atoms with E-state index in [-0.39, 0.29) is 0 Å². The molecule has 0 aliphatic carbocycles. The summed E-state index contributed by atoms with van der Waals surface area (Å²) in [5.74, 6) is 0.885. The van der Waals surface area contributed by atoms with Crippen molar-refractivity contribution in [2.24, 2.45) is 0 Å². The van der Waals surface area contributed by atoms with E-state index in [9.17, 15) is 0 Å². The summed E-state index contributed by atoms with van der Waals surface area (Å²) in [5, 5.41) is 9.94. The van der Waals surface area contributed by atoms with Crippen LogP contribution in [0.2, 0.25) is 5.02 Å². The second kappa shape index (κ2) is 5.82. The number of benzene rings is 1. The van der Waals surface area contributed by atoms with E-state index in [0.717, 1.165) is 58.0 Å². The number of hydrogen-bond donors (Lipinski definition) is 0. The van der Waals surface area contributed by atoms with Gasteiger partial charge in [0.25, 0.3) is 0 Å². The molecule has 0 atom stereocenters. The molecule has 0 spiro atoms. The maximum Gasteiger partial charge on any atom is 0.203 e. The molecule has 25 heavy (non-hydrogen) atoms. The van der Waals surface area contributed by atoms with Crippen LogP contribution in [0, 0.1) is 0 Å². The van der Waals surface area contributed by atoms with Gasteiger partial charge in [0.15, 0.2) is 10.9 Å². The van der Waals surface area contributed by atoms with Gasteiger partial charge in [-0.05, 0) is 18.2 Å². The van der Waals surface area contributed by atoms with Gasteiger partial charge < -0.3 is 9.80 Å². The predicted molar refractivity (Wildman–Crippen MR) is 99.8 cm³/mol. The summed E-state index contributed by atoms with van der Waals surface area (Å²) < 4.78 is 3.02. The number of anilines is 2. The number of halogens is 1. The summed E-state index contributed by atoms with van der Waals surface area (Å²) in [7, 11) is 0. The largest absolute Gasteiger partial charge is 0.350 e. The molecule has 1 fully saturated rings. The Morgan fingerprint density at radius 1 is 1.08 bits per heavy atom. The summed E-state index contributed by atoms with van der Waals surface area (Å²) in [6.07, 6.45) is 5.35. The van der Waals surface area contributed by atoms with Gasteiger partial charge in [0, 0.05) is 43.6 Å². The molecule has 0 saturated carbocycles. The molecule has 0 unspecified atom stereocenters. The second-order valence-electron chi connectivity index (χ2n) is 5.90. The molecule has 3 aromatic heterocycles. The molecule has 7 nitrogen and oxygen atoms in total. The minimum Gasteiger partial charge on any atom is -0.350 e. The van der Waals surface area contributed by atoms with E-state index < -0.39 is 0 Å². The number of aromatic nitrogens is 5. The normalized spacial score (nSPS) is 15.4. The van der Waals surface area contributed by atoms with Gasteiger partial charge in [-0.2, -0.15) is 0 Å². The molecule has 4 aromatic rings. The highest BCUT2D eigenvalue weighted by Gasteiger charge is 2.22. The molecule has 0 radical (unpaired) electrons. The van der Waals surface area contributed by atoms with Crippen molar-refractivity contribution in [3.8, 4) is 0 Å². The molecule has 9 heteroatoms. The molecule has 0 amide bonds. The van der Waals surface area contributed by atoms with Gasteiger partial charge in [-0.3, -0.25) is 4.40 Å². The number of piperazine rings is 1. The molecule has 126 valence electrons. The van der Waals surface area contributed by atoms with Gasteiger partial charge in [0.2, 0.25) is 5.65 Å². The number of nitrogens with zero attached hydrogens (tertiary/aromatic N) is 7. The van der Waals surface area contributed by atoms with Crippen LogP contribution in [0.1, 0.15) is 0 Å². The van der Waals surface area contributed by atoms with E-state index >= 15 is 0 Å². The van der Waals surface area contributed by atoms with E-state index in [1.165, 1.54) is 0 Å². The SMILES string of the molecule is Clc1ccc2nc(N3CCN(c4nccn5cnnc45)CC3)sc2c1. The monoisotopic (exact) mass is 371 g/mol. The van der Waals surface area contributed by atoms with Crippen LogP contribution in [0.4, 0.5) is 10.9 Å². The van der Waals surface area contributed by atoms with E-state index in [1.54, 1.807) is 23.9 Å². The zero-order valence-corrected chi connectivity index (χ0v) is 14.8. The van der Waals surface area contributed by atoms with Crippen molar-refractivity contribution in [2.75, 3.05) is 36.0 Å². The molecular weight excluding hydrogens is 358 g/mol. The van der Waals surface area contributed by atoms with Gasteiger partial charge in [0.05, 0.1) is 10.2 Å². The average molecular weight is 372 g/mol. The smallest absolute Gasteiger partial charge is 0.203 e. The molecule has 1 aliphatic heterocycles. The highest BCUT2D eigenvalue weighted by atomic mass is 35.5. The molecule has 1 aromatic carbocycles. The first-order chi connectivity index (χ1) is 12.3. The maximum absolute atomic E-state index is 6.08. The lowest BCUT2D eigenvalue weighted by Gasteiger charge is -2.35. The number of rotatable bonds is 2. The van der Waals surface area contributed by atoms with Crippen LogP contribution in [0.25, 0.3) is 15.9 Å². The first-order valence-electron chi connectivity index (χ1n) is 7.98. The Balaban J connectivity index is 1.37. The lowest BCUT2D eigenvalue weighted by atomic mass is 10.3. The molecule has 0 N–H and O–H groups in total. The Labute approximate surface area is 152 Å². The van der Waals surface area contributed by atoms with Crippen molar-refractivity contribution >= 4 is 49.8 Å². The van der Waals surface area contributed by atoms with Gasteiger partial charge in [-0.15, -0.1) is 10.2 Å². The summed E-state index contributed by atoms with van der Waals surface area (Å²) >= 11 is 7.77. The number of thiazole rings is 1. The lowest BCUT2D eigenvalue weighted by Crippen LogP contribution is -2.47. The van der Waals surface area contributed by atoms with Crippen molar-refractivity contribution in [3.63, 3.8) is 0 Å². The fraction of sp³-hybridized carbons (Fsp3) is 0.250. The topological polar surface area (TPSA) is 62.5 Å². The Morgan fingerprint density at radius 2 is 1.92 bits per heavy atom. The zero-order chi connectivity index (χ0) is 16.8. The number of fused-ring (bicyclic) bond motifs is 2. The van der Waals surface area contributed by atoms with Crippen molar-refractivity contribution in [3.05, 3.63) is 41.9 Å². The van der Waals surface area contributed by atoms with Gasteiger partial charge in [-0.25, -0.2) is 9.97 Å². The molecule has 1 saturated heterocycles. The third kappa shape index (κ3) is 2.58. The fourth-order valence-corrected chi connectivity index (χ4v) is 4.39. The Morgan fingerprint density at radius 3 is 2.80 bits per heavy atom. The molecule has 4 heterocycles. The van der Waals surface area contributed by atoms with E-state index in [4.69, 9.17) is 16.6 Å². The summed E-state index contributed by atoms with van der Waals surface area (Å²) in [5.41, 5.74) is 1.80. The first-order valence-corrected chi connectivity index (χ1v) is 9.18. The van der Waals surface area contributed by atoms with E-state index in [0.29, 0.717) is 0 Å². The van der Waals surface area contributed by atoms with Crippen LogP contribution in [0.5, 0.6) is 0 Å². The predicted octanol–water partition coefficient (Wildman–Crippen LogP) is 2.71. The molecular formula is C16H14ClN7S. The third-order valence-electron chi connectivity index (χ3n) is 4.39. The Hall–Kier alpha value is -2.45. The lowest BCUT2D eigenvalue weighted by molar-refractivity contribution is 0.646. The summed E-state index contributed by atoms with van der Waals surface area (Å²) in [4.78, 5) is 13.8. The van der Waals surface area contributed by atoms with Crippen LogP contribution < -0.4 is 9.80 Å². The van der Waals surface area contributed by atoms with E-state index in [1.807, 2.05) is 28.8 Å². The van der Waals surface area contributed by atoms with Crippen LogP contribution in [-0.2, 0) is 0 Å². The van der Waals surface area contributed by atoms with Gasteiger partial charge in [-0.1, -0.05) is 22.9 Å². The molecule has 0 bridgehead atoms. The summed E-state index contributed by atoms with van der Waals surface area (Å²) in [6, 6.07) is 5.84. The highest BCUT2D eigenvalue weighted by molar-refractivity contribution is 7.22. The molecule has 1 aliphatic rings. The van der Waals surface area contributed by atoms with E-state index in [2.05, 4.69) is 25.0 Å². The fourth-order valence-electron chi connectivity index (χ4n) is 3.10. The van der Waals surface area contributed by atoms with Gasteiger partial charge >= 0.3 is 0 Å². The number of hydrogen-bond acceptors (Lipinski definition) is 7. The zero-order valence-electron chi connectivity index (χ0n) is 13.2. The Kier molecular flexibility index (Phi) is 3.46. The van der Waals surface area contributed by atoms with Crippen LogP contribution in [0.3, 0.4) is 0 Å². The maximum atomic E-state index is 6.08. The van der Waals surface area contributed by atoms with Crippen LogP contribution >= 0.6 is 22.9 Å².